The minimum atomic E-state index is -3.44. The van der Waals surface area contributed by atoms with Crippen LogP contribution in [0.1, 0.15) is 19.4 Å². The molecule has 0 bridgehead atoms. The van der Waals surface area contributed by atoms with Crippen molar-refractivity contribution in [1.82, 2.24) is 23.7 Å². The van der Waals surface area contributed by atoms with Gasteiger partial charge in [0.25, 0.3) is 10.2 Å². The molecule has 1 aromatic heterocycles. The zero-order chi connectivity index (χ0) is 19.6. The van der Waals surface area contributed by atoms with Gasteiger partial charge in [-0.2, -0.15) is 22.5 Å². The lowest BCUT2D eigenvalue weighted by Crippen LogP contribution is -2.46. The molecule has 2 heterocycles. The summed E-state index contributed by atoms with van der Waals surface area (Å²) in [4.78, 5) is 2.33. The molecule has 0 saturated carbocycles. The first-order valence-corrected chi connectivity index (χ1v) is 10.7. The van der Waals surface area contributed by atoms with Crippen LogP contribution < -0.4 is 4.72 Å². The highest BCUT2D eigenvalue weighted by Crippen LogP contribution is 2.26. The summed E-state index contributed by atoms with van der Waals surface area (Å²) in [6.45, 7) is 6.69. The molecule has 1 aliphatic rings. The Morgan fingerprint density at radius 1 is 1.26 bits per heavy atom. The van der Waals surface area contributed by atoms with E-state index in [2.05, 4.69) is 40.7 Å². The molecule has 0 aliphatic carbocycles. The molecule has 2 aromatic rings. The fourth-order valence-electron chi connectivity index (χ4n) is 3.62. The number of aromatic nitrogens is 2. The monoisotopic (exact) mass is 391 g/mol. The molecule has 1 saturated heterocycles. The molecule has 1 N–H and O–H groups in total. The summed E-state index contributed by atoms with van der Waals surface area (Å²) in [5.41, 5.74) is 2.23. The highest BCUT2D eigenvalue weighted by Gasteiger charge is 2.37. The summed E-state index contributed by atoms with van der Waals surface area (Å²) in [6.07, 6.45) is 3.69. The fraction of sp³-hybridized carbons (Fsp3) is 0.526. The van der Waals surface area contributed by atoms with Crippen molar-refractivity contribution in [1.29, 1.82) is 0 Å². The van der Waals surface area contributed by atoms with Gasteiger partial charge in [-0.25, -0.2) is 4.68 Å². The van der Waals surface area contributed by atoms with E-state index in [1.807, 2.05) is 29.1 Å². The Bertz CT molecular complexity index is 849. The molecule has 3 rings (SSSR count). The maximum atomic E-state index is 12.3. The Labute approximate surface area is 162 Å². The number of benzene rings is 1. The lowest BCUT2D eigenvalue weighted by atomic mass is 9.92. The molecule has 7 nitrogen and oxygen atoms in total. The first kappa shape index (κ1) is 20.0. The van der Waals surface area contributed by atoms with Crippen molar-refractivity contribution in [3.8, 4) is 5.69 Å². The van der Waals surface area contributed by atoms with Gasteiger partial charge in [0, 0.05) is 52.2 Å². The Balaban J connectivity index is 1.72. The third-order valence-corrected chi connectivity index (χ3v) is 6.73. The van der Waals surface area contributed by atoms with Gasteiger partial charge in [0.15, 0.2) is 0 Å². The van der Waals surface area contributed by atoms with Crippen molar-refractivity contribution < 1.29 is 8.42 Å². The molecule has 148 valence electrons. The summed E-state index contributed by atoms with van der Waals surface area (Å²) < 4.78 is 30.5. The third-order valence-electron chi connectivity index (χ3n) is 5.16. The van der Waals surface area contributed by atoms with Crippen molar-refractivity contribution >= 4 is 10.2 Å². The third kappa shape index (κ3) is 4.76. The molecule has 8 heteroatoms. The van der Waals surface area contributed by atoms with Gasteiger partial charge in [0.2, 0.25) is 0 Å². The van der Waals surface area contributed by atoms with Crippen LogP contribution in [-0.2, 0) is 16.8 Å². The fourth-order valence-corrected chi connectivity index (χ4v) is 4.46. The van der Waals surface area contributed by atoms with Gasteiger partial charge in [0.1, 0.15) is 0 Å². The van der Waals surface area contributed by atoms with Crippen LogP contribution in [0.3, 0.4) is 0 Å². The number of nitrogens with one attached hydrogen (secondary N) is 1. The van der Waals surface area contributed by atoms with E-state index in [0.29, 0.717) is 12.5 Å². The van der Waals surface area contributed by atoms with E-state index >= 15 is 0 Å². The zero-order valence-electron chi connectivity index (χ0n) is 16.4. The van der Waals surface area contributed by atoms with Crippen molar-refractivity contribution in [2.45, 2.75) is 26.4 Å². The Morgan fingerprint density at radius 2 is 2.04 bits per heavy atom. The first-order chi connectivity index (χ1) is 12.8. The summed E-state index contributed by atoms with van der Waals surface area (Å²) in [6, 6.07) is 10.1. The lowest BCUT2D eigenvalue weighted by Gasteiger charge is -2.24. The topological polar surface area (TPSA) is 70.5 Å². The largest absolute Gasteiger partial charge is 0.297 e. The highest BCUT2D eigenvalue weighted by atomic mass is 32.2. The van der Waals surface area contributed by atoms with Crippen LogP contribution in [-0.4, -0.2) is 60.6 Å². The van der Waals surface area contributed by atoms with Crippen LogP contribution in [0.15, 0.2) is 42.7 Å². The molecule has 1 aliphatic heterocycles. The van der Waals surface area contributed by atoms with Crippen molar-refractivity contribution in [3.05, 3.63) is 48.3 Å². The van der Waals surface area contributed by atoms with Gasteiger partial charge in [-0.3, -0.25) is 4.90 Å². The average Bonchev–Trinajstić information content (AvgIpc) is 3.25. The van der Waals surface area contributed by atoms with Gasteiger partial charge in [-0.1, -0.05) is 26.0 Å². The quantitative estimate of drug-likeness (QED) is 0.780. The van der Waals surface area contributed by atoms with E-state index in [1.54, 1.807) is 20.3 Å². The number of rotatable bonds is 7. The maximum Gasteiger partial charge on any atom is 0.279 e. The summed E-state index contributed by atoms with van der Waals surface area (Å²) >= 11 is 0. The SMILES string of the molecule is CC(C)[C@@H]1CN(Cc2cccc(-n3cccn3)c2)C[C@H]1NS(=O)(=O)N(C)C. The van der Waals surface area contributed by atoms with Crippen molar-refractivity contribution in [2.75, 3.05) is 27.2 Å². The van der Waals surface area contributed by atoms with E-state index in [-0.39, 0.29) is 12.0 Å². The normalized spacial score (nSPS) is 21.4. The van der Waals surface area contributed by atoms with Crippen LogP contribution in [0.2, 0.25) is 0 Å². The minimum Gasteiger partial charge on any atom is -0.297 e. The van der Waals surface area contributed by atoms with Gasteiger partial charge in [0.05, 0.1) is 5.69 Å². The Hall–Kier alpha value is -1.74. The molecule has 1 aromatic carbocycles. The number of hydrogen-bond donors (Lipinski definition) is 1. The second kappa shape index (κ2) is 8.10. The second-order valence-corrected chi connectivity index (χ2v) is 9.65. The summed E-state index contributed by atoms with van der Waals surface area (Å²) in [5.74, 6) is 0.689. The standard InChI is InChI=1S/C19H29N5O2S/c1-15(2)18-13-23(14-19(18)21-27(25,26)22(3)4)12-16-7-5-8-17(11-16)24-10-6-9-20-24/h5-11,15,18-19,21H,12-14H2,1-4H3/t18-,19+/m0/s1. The smallest absolute Gasteiger partial charge is 0.279 e. The Kier molecular flexibility index (Phi) is 6.00. The molecule has 0 radical (unpaired) electrons. The molecular weight excluding hydrogens is 362 g/mol. The lowest BCUT2D eigenvalue weighted by molar-refractivity contribution is 0.296. The summed E-state index contributed by atoms with van der Waals surface area (Å²) in [7, 11) is -0.324. The van der Waals surface area contributed by atoms with Crippen molar-refractivity contribution in [3.63, 3.8) is 0 Å². The number of nitrogens with zero attached hydrogens (tertiary/aromatic N) is 4. The molecule has 0 spiro atoms. The minimum absolute atomic E-state index is 0.0771. The predicted octanol–water partition coefficient (Wildman–Crippen LogP) is 1.72. The van der Waals surface area contributed by atoms with Crippen LogP contribution in [0.5, 0.6) is 0 Å². The molecule has 1 fully saturated rings. The van der Waals surface area contributed by atoms with Crippen LogP contribution >= 0.6 is 0 Å². The predicted molar refractivity (Wildman–Crippen MR) is 107 cm³/mol. The molecule has 0 unspecified atom stereocenters. The molecule has 0 amide bonds. The van der Waals surface area contributed by atoms with Gasteiger partial charge < -0.3 is 0 Å². The van der Waals surface area contributed by atoms with E-state index in [1.165, 1.54) is 9.87 Å². The van der Waals surface area contributed by atoms with Crippen molar-refractivity contribution in [2.24, 2.45) is 11.8 Å². The average molecular weight is 392 g/mol. The van der Waals surface area contributed by atoms with E-state index < -0.39 is 10.2 Å². The van der Waals surface area contributed by atoms with Crippen LogP contribution in [0.25, 0.3) is 5.69 Å². The van der Waals surface area contributed by atoms with Gasteiger partial charge >= 0.3 is 0 Å². The van der Waals surface area contributed by atoms with E-state index in [9.17, 15) is 8.42 Å². The number of hydrogen-bond acceptors (Lipinski definition) is 4. The maximum absolute atomic E-state index is 12.3. The molecule has 2 atom stereocenters. The van der Waals surface area contributed by atoms with Crippen LogP contribution in [0, 0.1) is 11.8 Å². The Morgan fingerprint density at radius 3 is 2.67 bits per heavy atom. The molecule has 27 heavy (non-hydrogen) atoms. The van der Waals surface area contributed by atoms with Crippen LogP contribution in [0.4, 0.5) is 0 Å². The van der Waals surface area contributed by atoms with Gasteiger partial charge in [-0.15, -0.1) is 0 Å². The van der Waals surface area contributed by atoms with E-state index in [0.717, 1.165) is 18.8 Å². The molecular formula is C19H29N5O2S. The highest BCUT2D eigenvalue weighted by molar-refractivity contribution is 7.87. The van der Waals surface area contributed by atoms with E-state index in [4.69, 9.17) is 0 Å². The zero-order valence-corrected chi connectivity index (χ0v) is 17.2. The summed E-state index contributed by atoms with van der Waals surface area (Å²) in [5, 5.41) is 4.29. The number of likely N-dealkylation sites (tertiary alicyclic amines) is 1. The van der Waals surface area contributed by atoms with Gasteiger partial charge in [-0.05, 0) is 35.6 Å². The first-order valence-electron chi connectivity index (χ1n) is 9.27. The second-order valence-electron chi connectivity index (χ2n) is 7.73.